The van der Waals surface area contributed by atoms with Crippen LogP contribution in [-0.4, -0.2) is 21.4 Å². The van der Waals surface area contributed by atoms with E-state index < -0.39 is 8.32 Å². The molecule has 0 amide bonds. The smallest absolute Gasteiger partial charge is 0.192 e. The van der Waals surface area contributed by atoms with E-state index >= 15 is 0 Å². The van der Waals surface area contributed by atoms with Crippen molar-refractivity contribution in [1.82, 2.24) is 0 Å². The van der Waals surface area contributed by atoms with Gasteiger partial charge in [0.25, 0.3) is 0 Å². The maximum absolute atomic E-state index is 6.51. The molecule has 2 nitrogen and oxygen atoms in total. The van der Waals surface area contributed by atoms with Gasteiger partial charge in [0.05, 0.1) is 6.61 Å². The third kappa shape index (κ3) is 5.00. The first-order valence-corrected chi connectivity index (χ1v) is 13.7. The zero-order valence-electron chi connectivity index (χ0n) is 18.0. The topological polar surface area (TPSA) is 12.5 Å². The maximum Gasteiger partial charge on any atom is 0.192 e. The lowest BCUT2D eigenvalue weighted by atomic mass is 9.89. The van der Waals surface area contributed by atoms with Gasteiger partial charge in [-0.25, -0.2) is 0 Å². The monoisotopic (exact) mass is 415 g/mol. The van der Waals surface area contributed by atoms with Crippen LogP contribution in [0.4, 0.5) is 5.69 Å². The summed E-state index contributed by atoms with van der Waals surface area (Å²) in [7, 11) is -1.79. The van der Waals surface area contributed by atoms with E-state index in [4.69, 9.17) is 16.0 Å². The largest absolute Gasteiger partial charge is 0.412 e. The lowest BCUT2D eigenvalue weighted by molar-refractivity contribution is 0.276. The molecule has 4 heteroatoms. The van der Waals surface area contributed by atoms with E-state index in [1.54, 1.807) is 0 Å². The van der Waals surface area contributed by atoms with Gasteiger partial charge in [0, 0.05) is 29.4 Å². The maximum atomic E-state index is 6.51. The fourth-order valence-corrected chi connectivity index (χ4v) is 4.78. The summed E-state index contributed by atoms with van der Waals surface area (Å²) in [6.07, 6.45) is 2.38. The van der Waals surface area contributed by atoms with Crippen molar-refractivity contribution in [3.8, 4) is 0 Å². The molecule has 0 atom stereocenters. The van der Waals surface area contributed by atoms with E-state index in [1.807, 2.05) is 6.07 Å². The van der Waals surface area contributed by atoms with Crippen LogP contribution < -0.4 is 4.90 Å². The Hall–Kier alpha value is -1.29. The number of benzene rings is 2. The van der Waals surface area contributed by atoms with E-state index in [1.165, 1.54) is 29.7 Å². The van der Waals surface area contributed by atoms with E-state index in [2.05, 4.69) is 81.2 Å². The average molecular weight is 416 g/mol. The molecule has 0 bridgehead atoms. The van der Waals surface area contributed by atoms with E-state index in [-0.39, 0.29) is 5.04 Å². The quantitative estimate of drug-likeness (QED) is 0.477. The summed E-state index contributed by atoms with van der Waals surface area (Å²) in [5, 5.41) is 0.997. The third-order valence-corrected chi connectivity index (χ3v) is 11.3. The molecule has 1 saturated heterocycles. The van der Waals surface area contributed by atoms with Crippen LogP contribution in [0.2, 0.25) is 23.2 Å². The minimum absolute atomic E-state index is 0.208. The first kappa shape index (κ1) is 21.4. The standard InChI is InChI=1S/C24H34ClNOSi/c1-24(2,3)28(4,5)27-18-21-17-22(25)11-12-23(21)26-15-13-20(14-16-26)19-9-7-6-8-10-19/h6-12,17,20H,13-16,18H2,1-5H3. The van der Waals surface area contributed by atoms with Gasteiger partial charge in [-0.3, -0.25) is 0 Å². The fraction of sp³-hybridized carbons (Fsp3) is 0.500. The second-order valence-corrected chi connectivity index (χ2v) is 14.7. The molecule has 0 aromatic heterocycles. The Kier molecular flexibility index (Phi) is 6.58. The van der Waals surface area contributed by atoms with Gasteiger partial charge >= 0.3 is 0 Å². The van der Waals surface area contributed by atoms with Crippen LogP contribution in [0.15, 0.2) is 48.5 Å². The van der Waals surface area contributed by atoms with Gasteiger partial charge in [-0.2, -0.15) is 0 Å². The van der Waals surface area contributed by atoms with Crippen molar-refractivity contribution in [2.45, 2.75) is 64.3 Å². The molecule has 0 spiro atoms. The molecule has 28 heavy (non-hydrogen) atoms. The van der Waals surface area contributed by atoms with Crippen LogP contribution in [0.1, 0.15) is 50.7 Å². The van der Waals surface area contributed by atoms with Crippen molar-refractivity contribution >= 4 is 25.6 Å². The highest BCUT2D eigenvalue weighted by Gasteiger charge is 2.37. The minimum atomic E-state index is -1.79. The summed E-state index contributed by atoms with van der Waals surface area (Å²) < 4.78 is 6.51. The average Bonchev–Trinajstić information content (AvgIpc) is 2.66. The summed E-state index contributed by atoms with van der Waals surface area (Å²) in [6.45, 7) is 14.3. The Balaban J connectivity index is 1.71. The van der Waals surface area contributed by atoms with E-state index in [0.29, 0.717) is 12.5 Å². The Morgan fingerprint density at radius 2 is 1.68 bits per heavy atom. The van der Waals surface area contributed by atoms with Crippen molar-refractivity contribution in [1.29, 1.82) is 0 Å². The SMILES string of the molecule is CC(C)(C)[Si](C)(C)OCc1cc(Cl)ccc1N1CCC(c2ccccc2)CC1. The number of rotatable bonds is 5. The van der Waals surface area contributed by atoms with Crippen molar-refractivity contribution < 1.29 is 4.43 Å². The van der Waals surface area contributed by atoms with E-state index in [0.717, 1.165) is 18.1 Å². The molecule has 0 saturated carbocycles. The van der Waals surface area contributed by atoms with Gasteiger partial charge in [0.2, 0.25) is 0 Å². The molecular formula is C24H34ClNOSi. The Morgan fingerprint density at radius 1 is 1.04 bits per heavy atom. The molecule has 0 unspecified atom stereocenters. The first-order chi connectivity index (χ1) is 13.2. The van der Waals surface area contributed by atoms with Gasteiger partial charge in [-0.1, -0.05) is 62.7 Å². The lowest BCUT2D eigenvalue weighted by Gasteiger charge is -2.38. The van der Waals surface area contributed by atoms with Crippen LogP contribution in [0.3, 0.4) is 0 Å². The summed E-state index contributed by atoms with van der Waals surface area (Å²) >= 11 is 6.34. The molecule has 1 aliphatic rings. The molecule has 152 valence electrons. The predicted octanol–water partition coefficient (Wildman–Crippen LogP) is 7.25. The second-order valence-electron chi connectivity index (χ2n) is 9.49. The number of hydrogen-bond donors (Lipinski definition) is 0. The molecule has 3 rings (SSSR count). The number of piperidine rings is 1. The summed E-state index contributed by atoms with van der Waals surface area (Å²) in [4.78, 5) is 2.51. The van der Waals surface area contributed by atoms with Gasteiger partial charge in [0.1, 0.15) is 0 Å². The van der Waals surface area contributed by atoms with Gasteiger partial charge in [0.15, 0.2) is 8.32 Å². The zero-order chi connectivity index (χ0) is 20.4. The molecule has 2 aromatic carbocycles. The van der Waals surface area contributed by atoms with Crippen LogP contribution in [0.25, 0.3) is 0 Å². The molecule has 1 aliphatic heterocycles. The predicted molar refractivity (Wildman–Crippen MR) is 124 cm³/mol. The third-order valence-electron chi connectivity index (χ3n) is 6.54. The summed E-state index contributed by atoms with van der Waals surface area (Å²) in [5.74, 6) is 0.664. The van der Waals surface area contributed by atoms with E-state index in [9.17, 15) is 0 Å². The number of nitrogens with zero attached hydrogens (tertiary/aromatic N) is 1. The highest BCUT2D eigenvalue weighted by atomic mass is 35.5. The van der Waals surface area contributed by atoms with Crippen LogP contribution in [-0.2, 0) is 11.0 Å². The van der Waals surface area contributed by atoms with Crippen molar-refractivity contribution in [3.63, 3.8) is 0 Å². The van der Waals surface area contributed by atoms with Gasteiger partial charge < -0.3 is 9.33 Å². The summed E-state index contributed by atoms with van der Waals surface area (Å²) in [6, 6.07) is 17.2. The fourth-order valence-electron chi connectivity index (χ4n) is 3.63. The molecule has 0 aliphatic carbocycles. The first-order valence-electron chi connectivity index (χ1n) is 10.4. The molecule has 0 radical (unpaired) electrons. The van der Waals surface area contributed by atoms with Gasteiger partial charge in [-0.15, -0.1) is 0 Å². The molecule has 1 heterocycles. The molecular weight excluding hydrogens is 382 g/mol. The lowest BCUT2D eigenvalue weighted by Crippen LogP contribution is -2.40. The van der Waals surface area contributed by atoms with Crippen LogP contribution in [0, 0.1) is 0 Å². The van der Waals surface area contributed by atoms with Crippen LogP contribution >= 0.6 is 11.6 Å². The van der Waals surface area contributed by atoms with Crippen molar-refractivity contribution in [2.75, 3.05) is 18.0 Å². The van der Waals surface area contributed by atoms with Crippen LogP contribution in [0.5, 0.6) is 0 Å². The highest BCUT2D eigenvalue weighted by Crippen LogP contribution is 2.38. The Labute approximate surface area is 177 Å². The molecule has 1 fully saturated rings. The highest BCUT2D eigenvalue weighted by molar-refractivity contribution is 6.74. The Bertz CT molecular complexity index is 777. The zero-order valence-corrected chi connectivity index (χ0v) is 19.7. The number of anilines is 1. The molecule has 0 N–H and O–H groups in total. The minimum Gasteiger partial charge on any atom is -0.412 e. The number of halogens is 1. The van der Waals surface area contributed by atoms with Crippen molar-refractivity contribution in [2.24, 2.45) is 0 Å². The van der Waals surface area contributed by atoms with Gasteiger partial charge in [-0.05, 0) is 60.7 Å². The Morgan fingerprint density at radius 3 is 2.29 bits per heavy atom. The van der Waals surface area contributed by atoms with Crippen molar-refractivity contribution in [3.05, 3.63) is 64.7 Å². The normalized spacial score (nSPS) is 16.4. The second kappa shape index (κ2) is 8.60. The summed E-state index contributed by atoms with van der Waals surface area (Å²) in [5.41, 5.74) is 3.98. The molecule has 2 aromatic rings. The number of hydrogen-bond acceptors (Lipinski definition) is 2.